The summed E-state index contributed by atoms with van der Waals surface area (Å²) < 4.78 is 0. The Hall–Kier alpha value is -1.77. The molecule has 0 aromatic heterocycles. The van der Waals surface area contributed by atoms with Gasteiger partial charge in [0.25, 0.3) is 0 Å². The lowest BCUT2D eigenvalue weighted by Gasteiger charge is -2.09. The Morgan fingerprint density at radius 2 is 1.95 bits per heavy atom. The number of benzene rings is 1. The van der Waals surface area contributed by atoms with E-state index in [0.717, 1.165) is 18.4 Å². The van der Waals surface area contributed by atoms with Crippen molar-refractivity contribution in [3.05, 3.63) is 42.0 Å². The first kappa shape index (κ1) is 15.3. The molecule has 0 saturated carbocycles. The topological polar surface area (TPSA) is 35.5 Å². The summed E-state index contributed by atoms with van der Waals surface area (Å²) in [7, 11) is 0. The van der Waals surface area contributed by atoms with E-state index < -0.39 is 5.97 Å². The van der Waals surface area contributed by atoms with Gasteiger partial charge in [-0.25, -0.2) is 9.68 Å². The minimum Gasteiger partial charge on any atom is -0.286 e. The molecule has 0 spiro atoms. The number of para-hydroxylation sites is 1. The van der Waals surface area contributed by atoms with Gasteiger partial charge >= 0.3 is 5.97 Å². The molecular formula is C16H22O3. The molecule has 0 aliphatic carbocycles. The van der Waals surface area contributed by atoms with Crippen LogP contribution in [0.5, 0.6) is 5.75 Å². The van der Waals surface area contributed by atoms with Crippen molar-refractivity contribution < 1.29 is 14.6 Å². The minimum atomic E-state index is -0.541. The van der Waals surface area contributed by atoms with E-state index >= 15 is 0 Å². The van der Waals surface area contributed by atoms with Crippen molar-refractivity contribution in [3.63, 3.8) is 0 Å². The van der Waals surface area contributed by atoms with Crippen LogP contribution >= 0.6 is 0 Å². The molecule has 1 aromatic carbocycles. The lowest BCUT2D eigenvalue weighted by atomic mass is 10.1. The van der Waals surface area contributed by atoms with Crippen molar-refractivity contribution in [1.29, 1.82) is 0 Å². The largest absolute Gasteiger partial charge is 0.381 e. The summed E-state index contributed by atoms with van der Waals surface area (Å²) in [6, 6.07) is 7.62. The molecule has 0 radical (unpaired) electrons. The molecule has 19 heavy (non-hydrogen) atoms. The zero-order chi connectivity index (χ0) is 14.1. The van der Waals surface area contributed by atoms with E-state index in [1.54, 1.807) is 13.0 Å². The van der Waals surface area contributed by atoms with E-state index in [-0.39, 0.29) is 0 Å². The summed E-state index contributed by atoms with van der Waals surface area (Å²) in [5.41, 5.74) is 1.38. The third kappa shape index (κ3) is 5.60. The molecule has 0 amide bonds. The van der Waals surface area contributed by atoms with Crippen LogP contribution in [-0.2, 0) is 16.1 Å². The van der Waals surface area contributed by atoms with Crippen LogP contribution in [0.15, 0.2) is 36.4 Å². The van der Waals surface area contributed by atoms with Gasteiger partial charge in [0.15, 0.2) is 5.75 Å². The Morgan fingerprint density at radius 3 is 2.63 bits per heavy atom. The van der Waals surface area contributed by atoms with Gasteiger partial charge in [0.1, 0.15) is 0 Å². The molecule has 104 valence electrons. The third-order valence-electron chi connectivity index (χ3n) is 2.83. The number of rotatable bonds is 8. The van der Waals surface area contributed by atoms with Crippen molar-refractivity contribution in [1.82, 2.24) is 0 Å². The Labute approximate surface area is 115 Å². The second-order valence-electron chi connectivity index (χ2n) is 4.65. The first-order chi connectivity index (χ1) is 9.15. The fraction of sp³-hybridized carbons (Fsp3) is 0.438. The molecule has 0 unspecified atom stereocenters. The zero-order valence-corrected chi connectivity index (χ0v) is 11.8. The normalized spacial score (nSPS) is 10.0. The standard InChI is InChI=1S/C16H22O3/c1-4-5-6-7-10-14-11-8-9-12-15(14)18-19-16(17)13(2)3/h8-9,11-12H,2,4-7,10H2,1,3H3. The van der Waals surface area contributed by atoms with Crippen LogP contribution in [0, 0.1) is 0 Å². The van der Waals surface area contributed by atoms with Crippen LogP contribution in [-0.4, -0.2) is 5.97 Å². The Balaban J connectivity index is 2.52. The summed E-state index contributed by atoms with van der Waals surface area (Å²) >= 11 is 0. The SMILES string of the molecule is C=C(C)C(=O)OOc1ccccc1CCCCCC. The fourth-order valence-electron chi connectivity index (χ4n) is 1.69. The molecule has 0 heterocycles. The number of unbranched alkanes of at least 4 members (excludes halogenated alkanes) is 3. The van der Waals surface area contributed by atoms with Crippen LogP contribution in [0.4, 0.5) is 0 Å². The maximum Gasteiger partial charge on any atom is 0.381 e. The lowest BCUT2D eigenvalue weighted by molar-refractivity contribution is -0.208. The molecule has 0 saturated heterocycles. The van der Waals surface area contributed by atoms with Gasteiger partial charge in [-0.15, -0.1) is 0 Å². The van der Waals surface area contributed by atoms with Crippen LogP contribution in [0.25, 0.3) is 0 Å². The van der Waals surface area contributed by atoms with Crippen LogP contribution < -0.4 is 4.89 Å². The van der Waals surface area contributed by atoms with Crippen molar-refractivity contribution in [2.75, 3.05) is 0 Å². The number of hydrogen-bond acceptors (Lipinski definition) is 3. The fourth-order valence-corrected chi connectivity index (χ4v) is 1.69. The second-order valence-corrected chi connectivity index (χ2v) is 4.65. The van der Waals surface area contributed by atoms with E-state index in [4.69, 9.17) is 9.78 Å². The predicted molar refractivity (Wildman–Crippen MR) is 75.8 cm³/mol. The predicted octanol–water partition coefficient (Wildman–Crippen LogP) is 4.22. The van der Waals surface area contributed by atoms with Gasteiger partial charge in [-0.3, -0.25) is 4.89 Å². The first-order valence-electron chi connectivity index (χ1n) is 6.77. The highest BCUT2D eigenvalue weighted by atomic mass is 17.2. The molecule has 0 bridgehead atoms. The monoisotopic (exact) mass is 262 g/mol. The average molecular weight is 262 g/mol. The number of carbonyl (C=O) groups is 1. The summed E-state index contributed by atoms with van der Waals surface area (Å²) in [5, 5.41) is 0. The first-order valence-corrected chi connectivity index (χ1v) is 6.77. The molecular weight excluding hydrogens is 240 g/mol. The number of carbonyl (C=O) groups excluding carboxylic acids is 1. The van der Waals surface area contributed by atoms with E-state index in [1.165, 1.54) is 19.3 Å². The van der Waals surface area contributed by atoms with Crippen LogP contribution in [0.2, 0.25) is 0 Å². The minimum absolute atomic E-state index is 0.320. The third-order valence-corrected chi connectivity index (χ3v) is 2.83. The van der Waals surface area contributed by atoms with Crippen LogP contribution in [0.3, 0.4) is 0 Å². The Kier molecular flexibility index (Phi) is 6.72. The average Bonchev–Trinajstić information content (AvgIpc) is 2.42. The molecule has 0 N–H and O–H groups in total. The highest BCUT2D eigenvalue weighted by Gasteiger charge is 2.08. The Bertz CT molecular complexity index is 424. The maximum atomic E-state index is 11.3. The van der Waals surface area contributed by atoms with E-state index in [0.29, 0.717) is 11.3 Å². The molecule has 0 atom stereocenters. The quantitative estimate of drug-likeness (QED) is 0.304. The van der Waals surface area contributed by atoms with Crippen LogP contribution in [0.1, 0.15) is 45.1 Å². The molecule has 1 aromatic rings. The summed E-state index contributed by atoms with van der Waals surface area (Å²) in [6.45, 7) is 7.28. The number of aryl methyl sites for hydroxylation is 1. The molecule has 3 nitrogen and oxygen atoms in total. The summed E-state index contributed by atoms with van der Waals surface area (Å²) in [5.74, 6) is 0.0642. The Morgan fingerprint density at radius 1 is 1.21 bits per heavy atom. The van der Waals surface area contributed by atoms with Gasteiger partial charge in [0, 0.05) is 5.57 Å². The van der Waals surface area contributed by atoms with Gasteiger partial charge in [0.05, 0.1) is 0 Å². The highest BCUT2D eigenvalue weighted by molar-refractivity contribution is 5.86. The zero-order valence-electron chi connectivity index (χ0n) is 11.8. The van der Waals surface area contributed by atoms with Crippen molar-refractivity contribution in [2.45, 2.75) is 46.0 Å². The van der Waals surface area contributed by atoms with Crippen molar-refractivity contribution in [3.8, 4) is 5.75 Å². The van der Waals surface area contributed by atoms with Gasteiger partial charge in [-0.05, 0) is 31.4 Å². The molecule has 0 aliphatic rings. The smallest absolute Gasteiger partial charge is 0.286 e. The van der Waals surface area contributed by atoms with Gasteiger partial charge in [-0.1, -0.05) is 51.0 Å². The summed E-state index contributed by atoms with van der Waals surface area (Å²) in [4.78, 5) is 21.1. The maximum absolute atomic E-state index is 11.3. The highest BCUT2D eigenvalue weighted by Crippen LogP contribution is 2.21. The molecule has 0 aliphatic heterocycles. The van der Waals surface area contributed by atoms with Gasteiger partial charge in [-0.2, -0.15) is 0 Å². The molecule has 0 fully saturated rings. The van der Waals surface area contributed by atoms with E-state index in [9.17, 15) is 4.79 Å². The van der Waals surface area contributed by atoms with Gasteiger partial charge < -0.3 is 0 Å². The molecule has 3 heteroatoms. The molecule has 1 rings (SSSR count). The summed E-state index contributed by atoms with van der Waals surface area (Å²) in [6.07, 6.45) is 5.71. The second kappa shape index (κ2) is 8.35. The van der Waals surface area contributed by atoms with Crippen molar-refractivity contribution >= 4 is 5.97 Å². The van der Waals surface area contributed by atoms with E-state index in [2.05, 4.69) is 13.5 Å². The van der Waals surface area contributed by atoms with Crippen molar-refractivity contribution in [2.24, 2.45) is 0 Å². The van der Waals surface area contributed by atoms with Gasteiger partial charge in [0.2, 0.25) is 0 Å². The lowest BCUT2D eigenvalue weighted by Crippen LogP contribution is -2.09. The van der Waals surface area contributed by atoms with E-state index in [1.807, 2.05) is 18.2 Å². The number of hydrogen-bond donors (Lipinski definition) is 0.